The van der Waals surface area contributed by atoms with Crippen molar-refractivity contribution in [3.05, 3.63) is 42.1 Å². The van der Waals surface area contributed by atoms with Crippen molar-refractivity contribution >= 4 is 5.69 Å². The average molecular weight is 268 g/mol. The number of anilines is 1. The molecule has 100 valence electrons. The number of aromatic hydroxyl groups is 1. The van der Waals surface area contributed by atoms with Gasteiger partial charge in [-0.15, -0.1) is 0 Å². The van der Waals surface area contributed by atoms with Gasteiger partial charge in [0, 0.05) is 11.9 Å². The normalized spacial score (nSPS) is 10.7. The van der Waals surface area contributed by atoms with E-state index in [9.17, 15) is 5.11 Å². The molecule has 0 amide bonds. The maximum atomic E-state index is 9.82. The molecule has 0 atom stereocenters. The van der Waals surface area contributed by atoms with Crippen molar-refractivity contribution in [2.75, 3.05) is 5.73 Å². The Morgan fingerprint density at radius 3 is 2.90 bits per heavy atom. The van der Waals surface area contributed by atoms with Gasteiger partial charge in [-0.05, 0) is 36.8 Å². The largest absolute Gasteiger partial charge is 0.507 e. The van der Waals surface area contributed by atoms with E-state index in [1.54, 1.807) is 18.3 Å². The highest BCUT2D eigenvalue weighted by Gasteiger charge is 2.16. The Kier molecular flexibility index (Phi) is 2.83. The average Bonchev–Trinajstić information content (AvgIpc) is 2.91. The van der Waals surface area contributed by atoms with E-state index in [-0.39, 0.29) is 11.6 Å². The monoisotopic (exact) mass is 268 g/mol. The van der Waals surface area contributed by atoms with E-state index in [0.717, 1.165) is 5.56 Å². The second-order valence-electron chi connectivity index (χ2n) is 4.37. The van der Waals surface area contributed by atoms with Crippen molar-refractivity contribution < 1.29 is 9.63 Å². The van der Waals surface area contributed by atoms with Crippen LogP contribution in [0.2, 0.25) is 0 Å². The predicted octanol–water partition coefficient (Wildman–Crippen LogP) is 2.39. The van der Waals surface area contributed by atoms with Crippen LogP contribution in [0.4, 0.5) is 5.69 Å². The molecule has 0 radical (unpaired) electrons. The molecule has 0 aliphatic rings. The van der Waals surface area contributed by atoms with Crippen LogP contribution in [0, 0.1) is 6.92 Å². The second-order valence-corrected chi connectivity index (χ2v) is 4.37. The van der Waals surface area contributed by atoms with E-state index in [2.05, 4.69) is 15.1 Å². The zero-order valence-electron chi connectivity index (χ0n) is 10.7. The lowest BCUT2D eigenvalue weighted by molar-refractivity contribution is 0.425. The number of nitrogens with zero attached hydrogens (tertiary/aromatic N) is 3. The quantitative estimate of drug-likeness (QED) is 0.547. The fourth-order valence-electron chi connectivity index (χ4n) is 1.87. The van der Waals surface area contributed by atoms with Crippen molar-refractivity contribution in [3.8, 4) is 28.7 Å². The summed E-state index contributed by atoms with van der Waals surface area (Å²) in [7, 11) is 0. The first-order valence-electron chi connectivity index (χ1n) is 5.99. The maximum Gasteiger partial charge on any atom is 0.262 e. The number of hydrogen-bond acceptors (Lipinski definition) is 6. The van der Waals surface area contributed by atoms with Crippen LogP contribution in [0.3, 0.4) is 0 Å². The number of rotatable bonds is 2. The van der Waals surface area contributed by atoms with Crippen LogP contribution in [-0.4, -0.2) is 20.2 Å². The third-order valence-electron chi connectivity index (χ3n) is 2.90. The number of aryl methyl sites for hydroxylation is 1. The summed E-state index contributed by atoms with van der Waals surface area (Å²) in [5, 5.41) is 13.7. The third kappa shape index (κ3) is 2.07. The minimum Gasteiger partial charge on any atom is -0.507 e. The summed E-state index contributed by atoms with van der Waals surface area (Å²) in [5.41, 5.74) is 8.19. The van der Waals surface area contributed by atoms with Gasteiger partial charge < -0.3 is 15.4 Å². The molecule has 6 heteroatoms. The van der Waals surface area contributed by atoms with E-state index >= 15 is 0 Å². The van der Waals surface area contributed by atoms with Crippen molar-refractivity contribution in [1.82, 2.24) is 15.1 Å². The Morgan fingerprint density at radius 2 is 2.10 bits per heavy atom. The van der Waals surface area contributed by atoms with E-state index in [1.165, 1.54) is 6.07 Å². The van der Waals surface area contributed by atoms with Crippen molar-refractivity contribution in [2.45, 2.75) is 6.92 Å². The fraction of sp³-hybridized carbons (Fsp3) is 0.0714. The summed E-state index contributed by atoms with van der Waals surface area (Å²) in [6.45, 7) is 1.91. The lowest BCUT2D eigenvalue weighted by atomic mass is 10.1. The molecule has 20 heavy (non-hydrogen) atoms. The number of benzene rings is 1. The van der Waals surface area contributed by atoms with Gasteiger partial charge in [0.05, 0.1) is 5.56 Å². The smallest absolute Gasteiger partial charge is 0.262 e. The summed E-state index contributed by atoms with van der Waals surface area (Å²) < 4.78 is 5.18. The van der Waals surface area contributed by atoms with Crippen LogP contribution < -0.4 is 5.73 Å². The van der Waals surface area contributed by atoms with Gasteiger partial charge >= 0.3 is 0 Å². The molecule has 3 rings (SSSR count). The Morgan fingerprint density at radius 1 is 1.25 bits per heavy atom. The lowest BCUT2D eigenvalue weighted by Gasteiger charge is -2.00. The number of phenolic OH excluding ortho intramolecular Hbond substituents is 1. The minimum absolute atomic E-state index is 0.0344. The van der Waals surface area contributed by atoms with Gasteiger partial charge in [-0.1, -0.05) is 11.2 Å². The summed E-state index contributed by atoms with van der Waals surface area (Å²) in [6, 6.07) is 8.41. The molecule has 3 aromatic rings. The molecule has 0 aliphatic carbocycles. The number of phenols is 1. The molecular formula is C14H12N4O2. The molecule has 2 aromatic heterocycles. The Bertz CT molecular complexity index is 767. The summed E-state index contributed by atoms with van der Waals surface area (Å²) in [6.07, 6.45) is 1.66. The maximum absolute atomic E-state index is 9.82. The van der Waals surface area contributed by atoms with Crippen LogP contribution >= 0.6 is 0 Å². The van der Waals surface area contributed by atoms with Gasteiger partial charge in [-0.25, -0.2) is 0 Å². The third-order valence-corrected chi connectivity index (χ3v) is 2.90. The molecule has 0 fully saturated rings. The van der Waals surface area contributed by atoms with Gasteiger partial charge in [0.1, 0.15) is 11.4 Å². The molecular weight excluding hydrogens is 256 g/mol. The standard InChI is InChI=1S/C14H12N4O2/c1-8-3-2-6-16-12(8)13-17-14(20-18-13)10-7-9(15)4-5-11(10)19/h2-7,19H,15H2,1H3. The van der Waals surface area contributed by atoms with Gasteiger partial charge in [-0.2, -0.15) is 4.98 Å². The van der Waals surface area contributed by atoms with E-state index in [1.807, 2.05) is 19.1 Å². The number of nitrogens with two attached hydrogens (primary N) is 1. The number of nitrogen functional groups attached to an aromatic ring is 1. The predicted molar refractivity (Wildman–Crippen MR) is 73.8 cm³/mol. The fourth-order valence-corrected chi connectivity index (χ4v) is 1.87. The zero-order valence-corrected chi connectivity index (χ0v) is 10.7. The summed E-state index contributed by atoms with van der Waals surface area (Å²) in [5.74, 6) is 0.613. The van der Waals surface area contributed by atoms with E-state index in [0.29, 0.717) is 22.8 Å². The van der Waals surface area contributed by atoms with Crippen LogP contribution in [0.5, 0.6) is 5.75 Å². The number of hydrogen-bond donors (Lipinski definition) is 2. The highest BCUT2D eigenvalue weighted by molar-refractivity contribution is 5.68. The van der Waals surface area contributed by atoms with Gasteiger partial charge in [0.25, 0.3) is 5.89 Å². The number of pyridine rings is 1. The first kappa shape index (κ1) is 12.2. The van der Waals surface area contributed by atoms with E-state index < -0.39 is 0 Å². The SMILES string of the molecule is Cc1cccnc1-c1noc(-c2cc(N)ccc2O)n1. The first-order valence-corrected chi connectivity index (χ1v) is 5.99. The molecule has 0 spiro atoms. The van der Waals surface area contributed by atoms with Crippen molar-refractivity contribution in [1.29, 1.82) is 0 Å². The first-order chi connectivity index (χ1) is 9.65. The molecule has 0 saturated heterocycles. The molecule has 3 N–H and O–H groups in total. The Hall–Kier alpha value is -2.89. The molecule has 0 aliphatic heterocycles. The zero-order chi connectivity index (χ0) is 14.1. The van der Waals surface area contributed by atoms with Gasteiger partial charge in [0.2, 0.25) is 5.82 Å². The number of aromatic nitrogens is 3. The molecule has 2 heterocycles. The second kappa shape index (κ2) is 4.65. The minimum atomic E-state index is 0.0344. The van der Waals surface area contributed by atoms with Gasteiger partial charge in [0.15, 0.2) is 0 Å². The molecule has 0 bridgehead atoms. The van der Waals surface area contributed by atoms with Crippen molar-refractivity contribution in [2.24, 2.45) is 0 Å². The van der Waals surface area contributed by atoms with Gasteiger partial charge in [-0.3, -0.25) is 4.98 Å². The summed E-state index contributed by atoms with van der Waals surface area (Å²) in [4.78, 5) is 8.48. The van der Waals surface area contributed by atoms with Crippen LogP contribution in [-0.2, 0) is 0 Å². The molecule has 6 nitrogen and oxygen atoms in total. The Balaban J connectivity index is 2.07. The topological polar surface area (TPSA) is 98.1 Å². The van der Waals surface area contributed by atoms with Crippen LogP contribution in [0.15, 0.2) is 41.1 Å². The molecule has 0 saturated carbocycles. The van der Waals surface area contributed by atoms with Crippen LogP contribution in [0.1, 0.15) is 5.56 Å². The van der Waals surface area contributed by atoms with Crippen LogP contribution in [0.25, 0.3) is 23.0 Å². The highest BCUT2D eigenvalue weighted by Crippen LogP contribution is 2.31. The van der Waals surface area contributed by atoms with E-state index in [4.69, 9.17) is 10.3 Å². The molecule has 1 aromatic carbocycles. The molecule has 0 unspecified atom stereocenters. The Labute approximate surface area is 114 Å². The van der Waals surface area contributed by atoms with Crippen molar-refractivity contribution in [3.63, 3.8) is 0 Å². The highest BCUT2D eigenvalue weighted by atomic mass is 16.5. The summed E-state index contributed by atoms with van der Waals surface area (Å²) >= 11 is 0. The lowest BCUT2D eigenvalue weighted by Crippen LogP contribution is -1.89.